The van der Waals surface area contributed by atoms with Crippen LogP contribution in [0.3, 0.4) is 0 Å². The standard InChI is InChI=1S/C10H20O3/c1-8(2)9(3,6-11)10(12)4-5-13-7-10/h8,11-12H,4-7H2,1-3H3. The Balaban J connectivity index is 2.86. The minimum Gasteiger partial charge on any atom is -0.396 e. The summed E-state index contributed by atoms with van der Waals surface area (Å²) in [7, 11) is 0. The fourth-order valence-electron chi connectivity index (χ4n) is 1.87. The van der Waals surface area contributed by atoms with Gasteiger partial charge in [-0.15, -0.1) is 0 Å². The van der Waals surface area contributed by atoms with Gasteiger partial charge in [0.25, 0.3) is 0 Å². The van der Waals surface area contributed by atoms with Crippen molar-refractivity contribution in [1.29, 1.82) is 0 Å². The van der Waals surface area contributed by atoms with E-state index in [0.29, 0.717) is 19.6 Å². The van der Waals surface area contributed by atoms with Crippen molar-refractivity contribution in [1.82, 2.24) is 0 Å². The molecule has 3 nitrogen and oxygen atoms in total. The zero-order valence-corrected chi connectivity index (χ0v) is 8.71. The topological polar surface area (TPSA) is 49.7 Å². The van der Waals surface area contributed by atoms with Crippen LogP contribution in [0.5, 0.6) is 0 Å². The van der Waals surface area contributed by atoms with Crippen LogP contribution in [0.2, 0.25) is 0 Å². The van der Waals surface area contributed by atoms with Crippen LogP contribution < -0.4 is 0 Å². The van der Waals surface area contributed by atoms with E-state index in [4.69, 9.17) is 4.74 Å². The summed E-state index contributed by atoms with van der Waals surface area (Å²) < 4.78 is 5.20. The van der Waals surface area contributed by atoms with E-state index in [2.05, 4.69) is 0 Å². The van der Waals surface area contributed by atoms with Crippen LogP contribution in [-0.4, -0.2) is 35.6 Å². The Kier molecular flexibility index (Phi) is 3.00. The highest BCUT2D eigenvalue weighted by molar-refractivity contribution is 4.99. The van der Waals surface area contributed by atoms with E-state index < -0.39 is 11.0 Å². The SMILES string of the molecule is CC(C)C(C)(CO)C1(O)CCOC1. The molecule has 78 valence electrons. The lowest BCUT2D eigenvalue weighted by Gasteiger charge is -2.43. The van der Waals surface area contributed by atoms with Gasteiger partial charge in [-0.1, -0.05) is 20.8 Å². The van der Waals surface area contributed by atoms with Crippen molar-refractivity contribution in [2.24, 2.45) is 11.3 Å². The zero-order valence-electron chi connectivity index (χ0n) is 8.71. The Labute approximate surface area is 79.7 Å². The number of rotatable bonds is 3. The van der Waals surface area contributed by atoms with E-state index in [1.807, 2.05) is 20.8 Å². The molecule has 1 aliphatic heterocycles. The lowest BCUT2D eigenvalue weighted by atomic mass is 9.66. The van der Waals surface area contributed by atoms with Gasteiger partial charge in [0.05, 0.1) is 18.8 Å². The third-order valence-corrected chi connectivity index (χ3v) is 3.67. The molecule has 0 bridgehead atoms. The van der Waals surface area contributed by atoms with Gasteiger partial charge in [0.15, 0.2) is 0 Å². The van der Waals surface area contributed by atoms with Crippen LogP contribution in [0, 0.1) is 11.3 Å². The monoisotopic (exact) mass is 188 g/mol. The average Bonchev–Trinajstić information content (AvgIpc) is 2.51. The lowest BCUT2D eigenvalue weighted by Crippen LogP contribution is -2.52. The second-order valence-corrected chi connectivity index (χ2v) is 4.56. The van der Waals surface area contributed by atoms with Crippen molar-refractivity contribution in [3.8, 4) is 0 Å². The molecule has 0 radical (unpaired) electrons. The molecule has 1 aliphatic rings. The predicted molar refractivity (Wildman–Crippen MR) is 50.4 cm³/mol. The zero-order chi connectivity index (χ0) is 10.1. The van der Waals surface area contributed by atoms with Crippen LogP contribution >= 0.6 is 0 Å². The first-order valence-electron chi connectivity index (χ1n) is 4.87. The Morgan fingerprint density at radius 2 is 2.15 bits per heavy atom. The van der Waals surface area contributed by atoms with E-state index in [9.17, 15) is 10.2 Å². The van der Waals surface area contributed by atoms with Crippen molar-refractivity contribution in [3.63, 3.8) is 0 Å². The normalized spacial score (nSPS) is 33.7. The molecule has 13 heavy (non-hydrogen) atoms. The average molecular weight is 188 g/mol. The molecule has 1 heterocycles. The number of aliphatic hydroxyl groups excluding tert-OH is 1. The predicted octanol–water partition coefficient (Wildman–Crippen LogP) is 0.792. The quantitative estimate of drug-likeness (QED) is 0.688. The van der Waals surface area contributed by atoms with Crippen LogP contribution in [0.1, 0.15) is 27.2 Å². The summed E-state index contributed by atoms with van der Waals surface area (Å²) in [6, 6.07) is 0. The summed E-state index contributed by atoms with van der Waals surface area (Å²) in [6.45, 7) is 6.91. The second kappa shape index (κ2) is 3.56. The largest absolute Gasteiger partial charge is 0.396 e. The molecule has 1 rings (SSSR count). The third-order valence-electron chi connectivity index (χ3n) is 3.67. The van der Waals surface area contributed by atoms with Crippen molar-refractivity contribution in [2.75, 3.05) is 19.8 Å². The van der Waals surface area contributed by atoms with Gasteiger partial charge in [0.1, 0.15) is 0 Å². The van der Waals surface area contributed by atoms with Gasteiger partial charge in [0.2, 0.25) is 0 Å². The maximum absolute atomic E-state index is 10.3. The van der Waals surface area contributed by atoms with Crippen LogP contribution in [0.15, 0.2) is 0 Å². The molecule has 2 atom stereocenters. The fraction of sp³-hybridized carbons (Fsp3) is 1.00. The maximum atomic E-state index is 10.3. The first-order chi connectivity index (χ1) is 5.96. The summed E-state index contributed by atoms with van der Waals surface area (Å²) in [5.74, 6) is 0.240. The summed E-state index contributed by atoms with van der Waals surface area (Å²) in [5.41, 5.74) is -1.31. The van der Waals surface area contributed by atoms with E-state index in [1.165, 1.54) is 0 Å². The van der Waals surface area contributed by atoms with Crippen molar-refractivity contribution in [3.05, 3.63) is 0 Å². The Hall–Kier alpha value is -0.120. The first-order valence-corrected chi connectivity index (χ1v) is 4.87. The number of aliphatic hydroxyl groups is 2. The molecule has 1 fully saturated rings. The van der Waals surface area contributed by atoms with Gasteiger partial charge in [-0.05, 0) is 5.92 Å². The molecule has 0 aromatic carbocycles. The molecule has 0 saturated carbocycles. The minimum atomic E-state index is -0.851. The summed E-state index contributed by atoms with van der Waals surface area (Å²) in [6.07, 6.45) is 0.627. The first kappa shape index (κ1) is 11.0. The summed E-state index contributed by atoms with van der Waals surface area (Å²) >= 11 is 0. The van der Waals surface area contributed by atoms with Crippen molar-refractivity contribution >= 4 is 0 Å². The van der Waals surface area contributed by atoms with Gasteiger partial charge in [-0.2, -0.15) is 0 Å². The summed E-state index contributed by atoms with van der Waals surface area (Å²) in [4.78, 5) is 0. The molecule has 0 aliphatic carbocycles. The highest BCUT2D eigenvalue weighted by atomic mass is 16.5. The molecule has 0 spiro atoms. The molecule has 3 heteroatoms. The molecule has 0 amide bonds. The Bertz CT molecular complexity index is 173. The van der Waals surface area contributed by atoms with Crippen LogP contribution in [0.25, 0.3) is 0 Å². The number of hydrogen-bond donors (Lipinski definition) is 2. The van der Waals surface area contributed by atoms with Crippen LogP contribution in [0.4, 0.5) is 0 Å². The second-order valence-electron chi connectivity index (χ2n) is 4.56. The van der Waals surface area contributed by atoms with E-state index in [1.54, 1.807) is 0 Å². The lowest BCUT2D eigenvalue weighted by molar-refractivity contribution is -0.123. The van der Waals surface area contributed by atoms with Gasteiger partial charge in [-0.3, -0.25) is 0 Å². The summed E-state index contributed by atoms with van der Waals surface area (Å²) in [5, 5.41) is 19.7. The van der Waals surface area contributed by atoms with Gasteiger partial charge in [-0.25, -0.2) is 0 Å². The fourth-order valence-corrected chi connectivity index (χ4v) is 1.87. The highest BCUT2D eigenvalue weighted by Crippen LogP contribution is 2.42. The van der Waals surface area contributed by atoms with E-state index in [0.717, 1.165) is 0 Å². The van der Waals surface area contributed by atoms with Gasteiger partial charge >= 0.3 is 0 Å². The molecular formula is C10H20O3. The van der Waals surface area contributed by atoms with E-state index >= 15 is 0 Å². The Morgan fingerprint density at radius 3 is 2.46 bits per heavy atom. The van der Waals surface area contributed by atoms with E-state index in [-0.39, 0.29) is 12.5 Å². The van der Waals surface area contributed by atoms with Crippen molar-refractivity contribution in [2.45, 2.75) is 32.8 Å². The minimum absolute atomic E-state index is 0.00449. The Morgan fingerprint density at radius 1 is 1.54 bits per heavy atom. The third kappa shape index (κ3) is 1.60. The van der Waals surface area contributed by atoms with Gasteiger partial charge < -0.3 is 14.9 Å². The van der Waals surface area contributed by atoms with Crippen molar-refractivity contribution < 1.29 is 14.9 Å². The number of hydrogen-bond acceptors (Lipinski definition) is 3. The number of ether oxygens (including phenoxy) is 1. The smallest absolute Gasteiger partial charge is 0.0979 e. The van der Waals surface area contributed by atoms with Crippen LogP contribution in [-0.2, 0) is 4.74 Å². The maximum Gasteiger partial charge on any atom is 0.0979 e. The molecule has 1 saturated heterocycles. The molecular weight excluding hydrogens is 168 g/mol. The highest BCUT2D eigenvalue weighted by Gasteiger charge is 2.50. The molecule has 2 N–H and O–H groups in total. The molecule has 0 aromatic rings. The molecule has 0 aromatic heterocycles. The van der Waals surface area contributed by atoms with Gasteiger partial charge in [0, 0.05) is 18.4 Å². The molecule has 2 unspecified atom stereocenters.